The number of carbonyl (C=O) groups is 1. The number of alkyl carbamates (subject to hydrolysis) is 1. The van der Waals surface area contributed by atoms with E-state index in [1.165, 1.54) is 0 Å². The molecule has 1 amide bonds. The second-order valence-corrected chi connectivity index (χ2v) is 7.30. The SMILES string of the molecule is CC(C)[C@@H](Cn1ccc2cnc(Cl)nc21)NC(=O)OC(C)(C)C.O=C=O. The van der Waals surface area contributed by atoms with E-state index in [1.54, 1.807) is 6.20 Å². The summed E-state index contributed by atoms with van der Waals surface area (Å²) < 4.78 is 7.30. The van der Waals surface area contributed by atoms with E-state index in [9.17, 15) is 4.79 Å². The lowest BCUT2D eigenvalue weighted by molar-refractivity contribution is -0.191. The van der Waals surface area contributed by atoms with E-state index in [0.717, 1.165) is 11.0 Å². The minimum Gasteiger partial charge on any atom is -0.444 e. The zero-order valence-corrected chi connectivity index (χ0v) is 16.2. The molecule has 0 aliphatic carbocycles. The average molecular weight is 383 g/mol. The van der Waals surface area contributed by atoms with Crippen molar-refractivity contribution in [3.8, 4) is 0 Å². The number of amides is 1. The average Bonchev–Trinajstić information content (AvgIpc) is 2.87. The van der Waals surface area contributed by atoms with Crippen molar-refractivity contribution >= 4 is 34.9 Å². The molecule has 0 spiro atoms. The predicted molar refractivity (Wildman–Crippen MR) is 95.5 cm³/mol. The van der Waals surface area contributed by atoms with E-state index in [4.69, 9.17) is 25.9 Å². The number of nitrogens with zero attached hydrogens (tertiary/aromatic N) is 3. The molecule has 0 radical (unpaired) electrons. The summed E-state index contributed by atoms with van der Waals surface area (Å²) in [5.41, 5.74) is 0.230. The lowest BCUT2D eigenvalue weighted by Crippen LogP contribution is -2.44. The minimum atomic E-state index is -0.521. The number of ether oxygens (including phenoxy) is 1. The number of hydrogen-bond acceptors (Lipinski definition) is 6. The van der Waals surface area contributed by atoms with Gasteiger partial charge in [-0.2, -0.15) is 14.6 Å². The second-order valence-electron chi connectivity index (χ2n) is 6.97. The van der Waals surface area contributed by atoms with Gasteiger partial charge in [-0.05, 0) is 44.4 Å². The van der Waals surface area contributed by atoms with Crippen molar-refractivity contribution in [1.82, 2.24) is 19.9 Å². The third-order valence-corrected chi connectivity index (χ3v) is 3.55. The van der Waals surface area contributed by atoms with E-state index in [1.807, 2.05) is 37.6 Å². The second kappa shape index (κ2) is 9.31. The maximum absolute atomic E-state index is 12.0. The maximum Gasteiger partial charge on any atom is 0.407 e. The highest BCUT2D eigenvalue weighted by Gasteiger charge is 2.22. The van der Waals surface area contributed by atoms with Crippen LogP contribution < -0.4 is 5.32 Å². The monoisotopic (exact) mass is 382 g/mol. The molecule has 0 bridgehead atoms. The van der Waals surface area contributed by atoms with Crippen molar-refractivity contribution < 1.29 is 19.1 Å². The summed E-state index contributed by atoms with van der Waals surface area (Å²) in [6, 6.07) is 1.84. The molecular formula is C17H23ClN4O4. The highest BCUT2D eigenvalue weighted by Crippen LogP contribution is 2.17. The van der Waals surface area contributed by atoms with Gasteiger partial charge in [0.25, 0.3) is 0 Å². The van der Waals surface area contributed by atoms with E-state index in [0.29, 0.717) is 6.54 Å². The van der Waals surface area contributed by atoms with Crippen LogP contribution in [-0.4, -0.2) is 38.4 Å². The number of hydrogen-bond donors (Lipinski definition) is 1. The minimum absolute atomic E-state index is 0.0887. The van der Waals surface area contributed by atoms with Crippen LogP contribution in [0.2, 0.25) is 5.28 Å². The van der Waals surface area contributed by atoms with Gasteiger partial charge in [-0.1, -0.05) is 13.8 Å². The molecule has 0 fully saturated rings. The van der Waals surface area contributed by atoms with Crippen molar-refractivity contribution in [3.63, 3.8) is 0 Å². The first-order valence-electron chi connectivity index (χ1n) is 8.03. The molecule has 0 saturated carbocycles. The van der Waals surface area contributed by atoms with Gasteiger partial charge in [-0.3, -0.25) is 0 Å². The molecule has 142 valence electrons. The van der Waals surface area contributed by atoms with Gasteiger partial charge in [0, 0.05) is 24.3 Å². The summed E-state index contributed by atoms with van der Waals surface area (Å²) in [6.45, 7) is 10.2. The predicted octanol–water partition coefficient (Wildman–Crippen LogP) is 3.05. The Kier molecular flexibility index (Phi) is 7.74. The third-order valence-electron chi connectivity index (χ3n) is 3.37. The molecule has 2 heterocycles. The Labute approximate surface area is 156 Å². The first kappa shape index (κ1) is 21.6. The molecule has 26 heavy (non-hydrogen) atoms. The molecule has 8 nitrogen and oxygen atoms in total. The lowest BCUT2D eigenvalue weighted by Gasteiger charge is -2.26. The topological polar surface area (TPSA) is 103 Å². The van der Waals surface area contributed by atoms with Crippen molar-refractivity contribution in [3.05, 3.63) is 23.7 Å². The smallest absolute Gasteiger partial charge is 0.407 e. The fourth-order valence-electron chi connectivity index (χ4n) is 2.19. The molecule has 0 aliphatic rings. The number of aromatic nitrogens is 3. The Balaban J connectivity index is 0.00000105. The van der Waals surface area contributed by atoms with Gasteiger partial charge < -0.3 is 14.6 Å². The molecule has 2 rings (SSSR count). The quantitative estimate of drug-likeness (QED) is 0.815. The molecule has 2 aromatic rings. The molecule has 1 atom stereocenters. The third kappa shape index (κ3) is 6.82. The summed E-state index contributed by atoms with van der Waals surface area (Å²) >= 11 is 5.88. The van der Waals surface area contributed by atoms with Crippen LogP contribution in [-0.2, 0) is 20.9 Å². The summed E-state index contributed by atoms with van der Waals surface area (Å²) in [4.78, 5) is 36.5. The van der Waals surface area contributed by atoms with Crippen molar-refractivity contribution in [1.29, 1.82) is 0 Å². The number of carbonyl (C=O) groups excluding carboxylic acids is 3. The fraction of sp³-hybridized carbons (Fsp3) is 0.529. The van der Waals surface area contributed by atoms with Crippen LogP contribution >= 0.6 is 11.6 Å². The van der Waals surface area contributed by atoms with Crippen molar-refractivity contribution in [2.45, 2.75) is 52.8 Å². The van der Waals surface area contributed by atoms with Gasteiger partial charge in [0.2, 0.25) is 5.28 Å². The van der Waals surface area contributed by atoms with Crippen molar-refractivity contribution in [2.75, 3.05) is 0 Å². The van der Waals surface area contributed by atoms with Gasteiger partial charge in [-0.25, -0.2) is 9.78 Å². The summed E-state index contributed by atoms with van der Waals surface area (Å²) in [6.07, 6.45) is 3.44. The first-order chi connectivity index (χ1) is 12.1. The van der Waals surface area contributed by atoms with Gasteiger partial charge in [0.05, 0.1) is 6.04 Å². The maximum atomic E-state index is 12.0. The van der Waals surface area contributed by atoms with Crippen LogP contribution in [0.4, 0.5) is 4.79 Å². The van der Waals surface area contributed by atoms with Gasteiger partial charge >= 0.3 is 12.2 Å². The van der Waals surface area contributed by atoms with Crippen LogP contribution in [0, 0.1) is 5.92 Å². The summed E-state index contributed by atoms with van der Waals surface area (Å²) in [7, 11) is 0. The highest BCUT2D eigenvalue weighted by molar-refractivity contribution is 6.28. The number of halogens is 1. The zero-order chi connectivity index (χ0) is 19.9. The summed E-state index contributed by atoms with van der Waals surface area (Å²) in [5, 5.41) is 4.05. The van der Waals surface area contributed by atoms with E-state index in [-0.39, 0.29) is 23.4 Å². The Hall–Kier alpha value is -2.44. The Bertz CT molecular complexity index is 777. The van der Waals surface area contributed by atoms with Crippen LogP contribution in [0.25, 0.3) is 11.0 Å². The van der Waals surface area contributed by atoms with Crippen LogP contribution in [0.3, 0.4) is 0 Å². The normalized spacial score (nSPS) is 12.1. The van der Waals surface area contributed by atoms with Crippen LogP contribution in [0.15, 0.2) is 18.5 Å². The zero-order valence-electron chi connectivity index (χ0n) is 15.4. The van der Waals surface area contributed by atoms with E-state index >= 15 is 0 Å². The Morgan fingerprint density at radius 3 is 2.54 bits per heavy atom. The standard InChI is InChI=1S/C16H23ClN4O2.CO2/c1-10(2)12(19-15(22)23-16(3,4)5)9-21-7-6-11-8-18-14(17)20-13(11)21;2-1-3/h6-8,10,12H,9H2,1-5H3,(H,19,22);/t12-;/m1./s1. The van der Waals surface area contributed by atoms with Gasteiger partial charge in [0.1, 0.15) is 11.2 Å². The molecular weight excluding hydrogens is 360 g/mol. The highest BCUT2D eigenvalue weighted by atomic mass is 35.5. The van der Waals surface area contributed by atoms with Crippen LogP contribution in [0.1, 0.15) is 34.6 Å². The largest absolute Gasteiger partial charge is 0.444 e. The number of rotatable bonds is 4. The molecule has 0 aliphatic heterocycles. The van der Waals surface area contributed by atoms with Gasteiger partial charge in [0.15, 0.2) is 0 Å². The molecule has 0 unspecified atom stereocenters. The fourth-order valence-corrected chi connectivity index (χ4v) is 2.32. The summed E-state index contributed by atoms with van der Waals surface area (Å²) in [5.74, 6) is 0.234. The lowest BCUT2D eigenvalue weighted by atomic mass is 10.0. The molecule has 0 saturated heterocycles. The molecule has 9 heteroatoms. The van der Waals surface area contributed by atoms with Crippen molar-refractivity contribution in [2.24, 2.45) is 5.92 Å². The number of fused-ring (bicyclic) bond motifs is 1. The Morgan fingerprint density at radius 2 is 2.00 bits per heavy atom. The molecule has 0 aromatic carbocycles. The number of nitrogens with one attached hydrogen (secondary N) is 1. The Morgan fingerprint density at radius 1 is 1.38 bits per heavy atom. The first-order valence-corrected chi connectivity index (χ1v) is 8.41. The van der Waals surface area contributed by atoms with E-state index in [2.05, 4.69) is 29.1 Å². The molecule has 1 N–H and O–H groups in total. The van der Waals surface area contributed by atoms with Crippen LogP contribution in [0.5, 0.6) is 0 Å². The van der Waals surface area contributed by atoms with E-state index < -0.39 is 11.7 Å². The van der Waals surface area contributed by atoms with Gasteiger partial charge in [-0.15, -0.1) is 0 Å². The molecule has 2 aromatic heterocycles.